The number of amides is 1. The molecule has 5 N–H and O–H groups in total. The number of aliphatic hydroxyl groups is 3. The molecule has 13 nitrogen and oxygen atoms in total. The molecule has 0 spiro atoms. The number of hydrogen-bond donors (Lipinski definition) is 5. The summed E-state index contributed by atoms with van der Waals surface area (Å²) in [4.78, 5) is 74.0. The smallest absolute Gasteiger partial charge is 0.307 e. The molecule has 356 valence electrons. The van der Waals surface area contributed by atoms with Gasteiger partial charge in [-0.25, -0.2) is 0 Å². The lowest BCUT2D eigenvalue weighted by Crippen LogP contribution is -2.57. The van der Waals surface area contributed by atoms with E-state index in [4.69, 9.17) is 14.6 Å². The minimum absolute atomic E-state index is 0.263. The summed E-state index contributed by atoms with van der Waals surface area (Å²) >= 11 is 0. The van der Waals surface area contributed by atoms with Gasteiger partial charge in [0, 0.05) is 19.3 Å². The minimum Gasteiger partial charge on any atom is -0.481 e. The minimum atomic E-state index is -1.60. The van der Waals surface area contributed by atoms with E-state index in [0.29, 0.717) is 17.6 Å². The summed E-state index contributed by atoms with van der Waals surface area (Å²) in [5.41, 5.74) is 4.46. The number of carbonyl (C=O) groups is 6. The third-order valence-corrected chi connectivity index (χ3v) is 11.5. The zero-order valence-electron chi connectivity index (χ0n) is 39.9. The molecule has 0 aliphatic heterocycles. The summed E-state index contributed by atoms with van der Waals surface area (Å²) in [7, 11) is 0. The molecule has 0 saturated carbocycles. The fourth-order valence-corrected chi connectivity index (χ4v) is 7.48. The second kappa shape index (κ2) is 25.8. The van der Waals surface area contributed by atoms with Gasteiger partial charge in [0.25, 0.3) is 0 Å². The van der Waals surface area contributed by atoms with Crippen LogP contribution in [0.5, 0.6) is 0 Å². The number of allylic oxidation sites excluding steroid dienone is 18. The third kappa shape index (κ3) is 18.1. The van der Waals surface area contributed by atoms with Crippen LogP contribution in [0.15, 0.2) is 117 Å². The van der Waals surface area contributed by atoms with E-state index in [-0.39, 0.29) is 43.7 Å². The van der Waals surface area contributed by atoms with Crippen LogP contribution in [0, 0.1) is 10.8 Å². The number of carboxylic acids is 1. The molecule has 13 heteroatoms. The molecule has 0 radical (unpaired) electrons. The van der Waals surface area contributed by atoms with Crippen LogP contribution in [0.2, 0.25) is 0 Å². The predicted molar refractivity (Wildman–Crippen MR) is 251 cm³/mol. The summed E-state index contributed by atoms with van der Waals surface area (Å²) in [6, 6.07) is 0. The number of ketones is 2. The number of aliphatic carboxylic acids is 1. The number of esters is 2. The van der Waals surface area contributed by atoms with Crippen LogP contribution < -0.4 is 5.32 Å². The molecule has 65 heavy (non-hydrogen) atoms. The predicted octanol–water partition coefficient (Wildman–Crippen LogP) is 7.71. The van der Waals surface area contributed by atoms with E-state index in [9.17, 15) is 44.1 Å². The Hall–Kier alpha value is -5.50. The molecule has 0 heterocycles. The van der Waals surface area contributed by atoms with Crippen molar-refractivity contribution >= 4 is 35.4 Å². The summed E-state index contributed by atoms with van der Waals surface area (Å²) in [6.45, 7) is 17.4. The molecule has 0 aromatic rings. The van der Waals surface area contributed by atoms with Gasteiger partial charge >= 0.3 is 17.9 Å². The number of unbranched alkanes of at least 4 members (excludes halogenated alkanes) is 1. The molecule has 2 aliphatic carbocycles. The highest BCUT2D eigenvalue weighted by Gasteiger charge is 2.41. The Labute approximate surface area is 384 Å². The second-order valence-corrected chi connectivity index (χ2v) is 18.3. The van der Waals surface area contributed by atoms with Crippen LogP contribution in [-0.4, -0.2) is 93.4 Å². The second-order valence-electron chi connectivity index (χ2n) is 18.3. The lowest BCUT2D eigenvalue weighted by molar-refractivity contribution is -0.157. The molecular weight excluding hydrogens is 831 g/mol. The van der Waals surface area contributed by atoms with Crippen molar-refractivity contribution in [2.45, 2.75) is 138 Å². The van der Waals surface area contributed by atoms with Crippen molar-refractivity contribution in [1.82, 2.24) is 5.32 Å². The maximum absolute atomic E-state index is 13.3. The monoisotopic (exact) mass is 901 g/mol. The molecule has 0 aromatic heterocycles. The highest BCUT2D eigenvalue weighted by molar-refractivity contribution is 6.02. The van der Waals surface area contributed by atoms with Gasteiger partial charge in [-0.15, -0.1) is 0 Å². The van der Waals surface area contributed by atoms with Crippen LogP contribution >= 0.6 is 0 Å². The van der Waals surface area contributed by atoms with Crippen molar-refractivity contribution in [3.63, 3.8) is 0 Å². The lowest BCUT2D eigenvalue weighted by atomic mass is 9.71. The summed E-state index contributed by atoms with van der Waals surface area (Å²) in [5.74, 6) is -3.73. The van der Waals surface area contributed by atoms with Crippen LogP contribution in [-0.2, 0) is 38.2 Å². The van der Waals surface area contributed by atoms with Gasteiger partial charge in [-0.3, -0.25) is 28.8 Å². The van der Waals surface area contributed by atoms with Crippen LogP contribution in [0.3, 0.4) is 0 Å². The first-order valence-electron chi connectivity index (χ1n) is 22.1. The maximum Gasteiger partial charge on any atom is 0.307 e. The van der Waals surface area contributed by atoms with Gasteiger partial charge in [0.1, 0.15) is 5.54 Å². The Kier molecular flexibility index (Phi) is 22.1. The fourth-order valence-electron chi connectivity index (χ4n) is 7.48. The quantitative estimate of drug-likeness (QED) is 0.0379. The zero-order chi connectivity index (χ0) is 49.1. The average Bonchev–Trinajstić information content (AvgIpc) is 3.23. The van der Waals surface area contributed by atoms with Gasteiger partial charge in [0.15, 0.2) is 23.8 Å². The Bertz CT molecular complexity index is 2080. The molecule has 2 rings (SSSR count). The van der Waals surface area contributed by atoms with E-state index in [2.05, 4.69) is 24.4 Å². The average molecular weight is 902 g/mol. The molecular formula is C52H71NO12. The highest BCUT2D eigenvalue weighted by atomic mass is 16.6. The standard InChI is InChI=1S/C52H71NO12/c1-34(15-11-12-16-35(2)18-14-20-37(4)22-24-41-39(6)49(63)43(30-51(41,9)10)65-47(61)28-26-45(58)59)17-13-19-36(3)21-23-40-38(5)48(62)42(29-50(40,7)8)64-46(60)27-25-44(57)53-52(31-54,32-55)33-56/h13-24,42-43,54-56H,11-12,25-33H2,1-10H3,(H,53,57)(H,58,59)/b17-13+,18-14+,23-21+,24-22+,34-15+,35-16+,36-19+,37-20+. The number of aliphatic hydroxyl groups excluding tert-OH is 3. The SMILES string of the molecule is CC1=C(/C=C/C(C)=C/C=C/C(C)=C/CC/C=C(C)/C=C/C=C(C)/C=C/C2=C(C)C(=O)C(OC(=O)CCC(=O)NC(CO)(CO)CO)CC2(C)C)C(C)(C)CC(OC(=O)CCC(=O)O)C1=O. The van der Waals surface area contributed by atoms with Gasteiger partial charge < -0.3 is 35.2 Å². The lowest BCUT2D eigenvalue weighted by Gasteiger charge is -2.36. The first-order chi connectivity index (χ1) is 30.4. The van der Waals surface area contributed by atoms with Gasteiger partial charge in [-0.2, -0.15) is 0 Å². The van der Waals surface area contributed by atoms with E-state index in [1.54, 1.807) is 13.8 Å². The number of carboxylic acid groups (broad SMARTS) is 1. The molecule has 2 unspecified atom stereocenters. The van der Waals surface area contributed by atoms with E-state index in [1.165, 1.54) is 0 Å². The molecule has 1 amide bonds. The van der Waals surface area contributed by atoms with Crippen LogP contribution in [0.4, 0.5) is 0 Å². The van der Waals surface area contributed by atoms with E-state index < -0.39 is 72.2 Å². The van der Waals surface area contributed by atoms with Crippen LogP contribution in [0.25, 0.3) is 0 Å². The Morgan fingerprint density at radius 2 is 1.02 bits per heavy atom. The molecule has 2 atom stereocenters. The highest BCUT2D eigenvalue weighted by Crippen LogP contribution is 2.42. The van der Waals surface area contributed by atoms with Gasteiger partial charge in [0.05, 0.1) is 39.1 Å². The number of nitrogens with one attached hydrogen (secondary N) is 1. The number of ether oxygens (including phenoxy) is 2. The Morgan fingerprint density at radius 3 is 1.38 bits per heavy atom. The molecule has 0 bridgehead atoms. The van der Waals surface area contributed by atoms with Crippen LogP contribution in [0.1, 0.15) is 121 Å². The van der Waals surface area contributed by atoms with Crippen molar-refractivity contribution in [3.05, 3.63) is 117 Å². The van der Waals surface area contributed by atoms with Crippen molar-refractivity contribution in [2.24, 2.45) is 10.8 Å². The Balaban J connectivity index is 1.92. The maximum atomic E-state index is 13.3. The van der Waals surface area contributed by atoms with Crippen molar-refractivity contribution in [3.8, 4) is 0 Å². The van der Waals surface area contributed by atoms with Gasteiger partial charge in [-0.05, 0) is 87.5 Å². The fraction of sp³-hybridized carbons (Fsp3) is 0.500. The molecule has 2 aliphatic rings. The first-order valence-corrected chi connectivity index (χ1v) is 22.1. The van der Waals surface area contributed by atoms with Gasteiger partial charge in [-0.1, -0.05) is 123 Å². The summed E-state index contributed by atoms with van der Waals surface area (Å²) in [6.07, 6.45) is 23.4. The molecule has 0 fully saturated rings. The normalized spacial score (nSPS) is 20.2. The number of Topliss-reactive ketones (excluding diaryl/α,β-unsaturated/α-hetero) is 2. The zero-order valence-corrected chi connectivity index (χ0v) is 39.9. The van der Waals surface area contributed by atoms with E-state index in [1.807, 2.05) is 109 Å². The molecule has 0 aromatic carbocycles. The summed E-state index contributed by atoms with van der Waals surface area (Å²) in [5, 5.41) is 39.4. The topological polar surface area (TPSA) is 214 Å². The number of carbonyl (C=O) groups excluding carboxylic acids is 5. The first kappa shape index (κ1) is 55.6. The largest absolute Gasteiger partial charge is 0.481 e. The molecule has 0 saturated heterocycles. The van der Waals surface area contributed by atoms with Gasteiger partial charge in [0.2, 0.25) is 5.91 Å². The van der Waals surface area contributed by atoms with Crippen molar-refractivity contribution in [1.29, 1.82) is 0 Å². The number of hydrogen-bond acceptors (Lipinski definition) is 11. The Morgan fingerprint density at radius 1 is 0.631 bits per heavy atom. The van der Waals surface area contributed by atoms with Crippen molar-refractivity contribution in [2.75, 3.05) is 19.8 Å². The van der Waals surface area contributed by atoms with Crippen molar-refractivity contribution < 1.29 is 58.7 Å². The summed E-state index contributed by atoms with van der Waals surface area (Å²) < 4.78 is 10.9. The number of rotatable bonds is 23. The van der Waals surface area contributed by atoms with E-state index >= 15 is 0 Å². The third-order valence-electron chi connectivity index (χ3n) is 11.5. The van der Waals surface area contributed by atoms with E-state index in [0.717, 1.165) is 46.3 Å².